The van der Waals surface area contributed by atoms with Crippen molar-refractivity contribution in [2.24, 2.45) is 0 Å². The van der Waals surface area contributed by atoms with Crippen LogP contribution in [0.1, 0.15) is 37.6 Å². The number of aromatic nitrogens is 1. The van der Waals surface area contributed by atoms with Crippen LogP contribution in [0, 0.1) is 0 Å². The maximum atomic E-state index is 4.40. The predicted molar refractivity (Wildman–Crippen MR) is 73.7 cm³/mol. The summed E-state index contributed by atoms with van der Waals surface area (Å²) < 4.78 is 0. The van der Waals surface area contributed by atoms with E-state index in [0.717, 1.165) is 13.1 Å². The first-order valence-corrected chi connectivity index (χ1v) is 7.52. The van der Waals surface area contributed by atoms with Crippen LogP contribution in [-0.2, 0) is 0 Å². The maximum Gasteiger partial charge on any atom is 0.0965 e. The molecule has 2 atom stereocenters. The van der Waals surface area contributed by atoms with Crippen molar-refractivity contribution in [3.63, 3.8) is 0 Å². The minimum Gasteiger partial charge on any atom is -0.313 e. The third kappa shape index (κ3) is 3.76. The molecule has 1 fully saturated rings. The molecule has 2 rings (SSSR count). The molecule has 3 nitrogen and oxygen atoms in total. The van der Waals surface area contributed by atoms with Crippen LogP contribution in [0.2, 0.25) is 0 Å². The smallest absolute Gasteiger partial charge is 0.0965 e. The highest BCUT2D eigenvalue weighted by atomic mass is 32.1. The van der Waals surface area contributed by atoms with Crippen molar-refractivity contribution >= 4 is 11.3 Å². The van der Waals surface area contributed by atoms with Gasteiger partial charge in [0.2, 0.25) is 0 Å². The molecule has 1 aromatic heterocycles. The van der Waals surface area contributed by atoms with Crippen LogP contribution < -0.4 is 5.32 Å². The van der Waals surface area contributed by atoms with E-state index in [1.165, 1.54) is 30.9 Å². The van der Waals surface area contributed by atoms with Crippen molar-refractivity contribution in [3.8, 4) is 0 Å². The molecule has 0 saturated carbocycles. The Hall–Kier alpha value is -0.450. The molecule has 4 heteroatoms. The number of rotatable bonds is 6. The Bertz CT molecular complexity index is 312. The first kappa shape index (κ1) is 13.0. The summed E-state index contributed by atoms with van der Waals surface area (Å²) in [5.41, 5.74) is 0. The van der Waals surface area contributed by atoms with Crippen LogP contribution in [0.4, 0.5) is 0 Å². The molecule has 2 unspecified atom stereocenters. The van der Waals surface area contributed by atoms with Crippen molar-refractivity contribution in [2.45, 2.75) is 38.6 Å². The Labute approximate surface area is 108 Å². The van der Waals surface area contributed by atoms with Gasteiger partial charge in [-0.25, -0.2) is 4.98 Å². The quantitative estimate of drug-likeness (QED) is 0.843. The Balaban J connectivity index is 1.74. The third-order valence-electron chi connectivity index (χ3n) is 3.36. The molecule has 0 spiro atoms. The second-order valence-corrected chi connectivity index (χ2v) is 5.90. The van der Waals surface area contributed by atoms with Crippen LogP contribution in [0.3, 0.4) is 0 Å². The van der Waals surface area contributed by atoms with Crippen molar-refractivity contribution in [1.29, 1.82) is 0 Å². The lowest BCUT2D eigenvalue weighted by Crippen LogP contribution is -2.34. The van der Waals surface area contributed by atoms with Crippen LogP contribution in [-0.4, -0.2) is 42.1 Å². The van der Waals surface area contributed by atoms with Gasteiger partial charge in [-0.2, -0.15) is 0 Å². The number of nitrogens with zero attached hydrogens (tertiary/aromatic N) is 2. The molecule has 2 heterocycles. The van der Waals surface area contributed by atoms with Crippen molar-refractivity contribution in [3.05, 3.63) is 16.6 Å². The number of hydrogen-bond acceptors (Lipinski definition) is 4. The summed E-state index contributed by atoms with van der Waals surface area (Å²) in [7, 11) is 0. The Morgan fingerprint density at radius 1 is 1.65 bits per heavy atom. The summed E-state index contributed by atoms with van der Waals surface area (Å²) in [5, 5.41) is 6.96. The summed E-state index contributed by atoms with van der Waals surface area (Å²) >= 11 is 1.78. The van der Waals surface area contributed by atoms with Crippen molar-refractivity contribution in [2.75, 3.05) is 26.2 Å². The van der Waals surface area contributed by atoms with E-state index in [2.05, 4.69) is 34.4 Å². The van der Waals surface area contributed by atoms with E-state index in [9.17, 15) is 0 Å². The largest absolute Gasteiger partial charge is 0.313 e. The number of hydrogen-bond donors (Lipinski definition) is 1. The molecular formula is C13H23N3S. The maximum absolute atomic E-state index is 4.40. The molecule has 0 aromatic carbocycles. The summed E-state index contributed by atoms with van der Waals surface area (Å²) in [5.74, 6) is 0.569. The molecule has 0 amide bonds. The van der Waals surface area contributed by atoms with Gasteiger partial charge in [0, 0.05) is 36.6 Å². The van der Waals surface area contributed by atoms with Crippen LogP contribution in [0.5, 0.6) is 0 Å². The van der Waals surface area contributed by atoms with Crippen LogP contribution in [0.25, 0.3) is 0 Å². The van der Waals surface area contributed by atoms with Crippen LogP contribution in [0.15, 0.2) is 11.6 Å². The van der Waals surface area contributed by atoms with Gasteiger partial charge in [0.15, 0.2) is 0 Å². The average Bonchev–Trinajstić information content (AvgIpc) is 2.97. The minimum absolute atomic E-state index is 0.569. The first-order chi connectivity index (χ1) is 8.29. The highest BCUT2D eigenvalue weighted by molar-refractivity contribution is 7.09. The fraction of sp³-hybridized carbons (Fsp3) is 0.769. The highest BCUT2D eigenvalue weighted by Gasteiger charge is 2.23. The van der Waals surface area contributed by atoms with Gasteiger partial charge in [0.1, 0.15) is 0 Å². The van der Waals surface area contributed by atoms with Gasteiger partial charge < -0.3 is 10.2 Å². The Kier molecular flexibility index (Phi) is 4.95. The molecule has 1 aromatic rings. The van der Waals surface area contributed by atoms with Gasteiger partial charge in [-0.1, -0.05) is 13.8 Å². The van der Waals surface area contributed by atoms with Crippen LogP contribution >= 0.6 is 11.3 Å². The molecule has 0 radical (unpaired) electrons. The summed E-state index contributed by atoms with van der Waals surface area (Å²) in [6.45, 7) is 9.25. The summed E-state index contributed by atoms with van der Waals surface area (Å²) in [6, 6.07) is 0.707. The van der Waals surface area contributed by atoms with Crippen molar-refractivity contribution < 1.29 is 0 Å². The second kappa shape index (κ2) is 6.47. The highest BCUT2D eigenvalue weighted by Crippen LogP contribution is 2.21. The SMILES string of the molecule is CCCNC1CCN(CC(C)c2nccs2)C1. The molecule has 17 heavy (non-hydrogen) atoms. The molecule has 1 aliphatic rings. The second-order valence-electron chi connectivity index (χ2n) is 4.97. The van der Waals surface area contributed by atoms with E-state index in [4.69, 9.17) is 0 Å². The summed E-state index contributed by atoms with van der Waals surface area (Å²) in [6.07, 6.45) is 4.43. The van der Waals surface area contributed by atoms with Gasteiger partial charge >= 0.3 is 0 Å². The predicted octanol–water partition coefficient (Wildman–Crippen LogP) is 2.32. The summed E-state index contributed by atoms with van der Waals surface area (Å²) in [4.78, 5) is 6.97. The van der Waals surface area contributed by atoms with Crippen molar-refractivity contribution in [1.82, 2.24) is 15.2 Å². The van der Waals surface area contributed by atoms with E-state index in [1.807, 2.05) is 6.20 Å². The molecule has 0 aliphatic carbocycles. The molecule has 1 N–H and O–H groups in total. The molecule has 0 bridgehead atoms. The average molecular weight is 253 g/mol. The first-order valence-electron chi connectivity index (χ1n) is 6.64. The molecule has 1 aliphatic heterocycles. The monoisotopic (exact) mass is 253 g/mol. The third-order valence-corrected chi connectivity index (χ3v) is 4.37. The van der Waals surface area contributed by atoms with Gasteiger partial charge in [-0.05, 0) is 25.9 Å². The lowest BCUT2D eigenvalue weighted by Gasteiger charge is -2.19. The fourth-order valence-corrected chi connectivity index (χ4v) is 3.15. The van der Waals surface area contributed by atoms with Gasteiger partial charge in [-0.15, -0.1) is 11.3 Å². The number of nitrogens with one attached hydrogen (secondary N) is 1. The Morgan fingerprint density at radius 2 is 2.53 bits per heavy atom. The van der Waals surface area contributed by atoms with E-state index in [-0.39, 0.29) is 0 Å². The number of thiazole rings is 1. The van der Waals surface area contributed by atoms with Gasteiger partial charge in [0.25, 0.3) is 0 Å². The fourth-order valence-electron chi connectivity index (χ4n) is 2.46. The minimum atomic E-state index is 0.569. The van der Waals surface area contributed by atoms with E-state index in [1.54, 1.807) is 11.3 Å². The zero-order valence-electron chi connectivity index (χ0n) is 10.9. The molecule has 96 valence electrons. The lowest BCUT2D eigenvalue weighted by atomic mass is 10.2. The van der Waals surface area contributed by atoms with E-state index < -0.39 is 0 Å². The molecular weight excluding hydrogens is 230 g/mol. The van der Waals surface area contributed by atoms with E-state index >= 15 is 0 Å². The zero-order chi connectivity index (χ0) is 12.1. The van der Waals surface area contributed by atoms with Gasteiger partial charge in [-0.3, -0.25) is 0 Å². The Morgan fingerprint density at radius 3 is 3.24 bits per heavy atom. The number of likely N-dealkylation sites (tertiary alicyclic amines) is 1. The van der Waals surface area contributed by atoms with E-state index in [0.29, 0.717) is 12.0 Å². The standard InChI is InChI=1S/C13H23N3S/c1-3-5-14-12-4-7-16(10-12)9-11(2)13-15-6-8-17-13/h6,8,11-12,14H,3-5,7,9-10H2,1-2H3. The molecule has 1 saturated heterocycles. The topological polar surface area (TPSA) is 28.2 Å². The zero-order valence-corrected chi connectivity index (χ0v) is 11.7. The lowest BCUT2D eigenvalue weighted by molar-refractivity contribution is 0.311. The normalized spacial score (nSPS) is 23.1. The van der Waals surface area contributed by atoms with Gasteiger partial charge in [0.05, 0.1) is 5.01 Å².